The molecule has 0 saturated heterocycles. The van der Waals surface area contributed by atoms with Gasteiger partial charge < -0.3 is 5.32 Å². The summed E-state index contributed by atoms with van der Waals surface area (Å²) in [4.78, 5) is 20.1. The lowest BCUT2D eigenvalue weighted by Crippen LogP contribution is -2.41. The molecule has 1 aliphatic carbocycles. The summed E-state index contributed by atoms with van der Waals surface area (Å²) in [6, 6.07) is 8.48. The van der Waals surface area contributed by atoms with Crippen LogP contribution in [0.25, 0.3) is 0 Å². The van der Waals surface area contributed by atoms with Crippen LogP contribution in [0.3, 0.4) is 0 Å². The van der Waals surface area contributed by atoms with Gasteiger partial charge in [0.1, 0.15) is 0 Å². The van der Waals surface area contributed by atoms with Crippen molar-refractivity contribution in [1.82, 2.24) is 9.88 Å². The molecule has 4 rings (SSSR count). The number of anilines is 1. The molecule has 1 aromatic heterocycles. The van der Waals surface area contributed by atoms with E-state index >= 15 is 0 Å². The van der Waals surface area contributed by atoms with Crippen LogP contribution >= 0.6 is 0 Å². The second-order valence-corrected chi connectivity index (χ2v) is 13.6. The molecule has 2 aliphatic rings. The lowest BCUT2D eigenvalue weighted by atomic mass is 9.78. The molecule has 1 N–H and O–H groups in total. The van der Waals surface area contributed by atoms with Crippen LogP contribution in [0.1, 0.15) is 76.2 Å². The first-order chi connectivity index (χ1) is 18.3. The number of sulfone groups is 1. The van der Waals surface area contributed by atoms with E-state index in [-0.39, 0.29) is 59.7 Å². The largest absolute Gasteiger partial charge is 0.391 e. The van der Waals surface area contributed by atoms with Crippen molar-refractivity contribution in [2.24, 2.45) is 17.8 Å². The number of pyridine rings is 1. The van der Waals surface area contributed by atoms with E-state index in [4.69, 9.17) is 4.98 Å². The molecule has 10 heteroatoms. The third kappa shape index (κ3) is 6.65. The summed E-state index contributed by atoms with van der Waals surface area (Å²) < 4.78 is 63.5. The first-order valence-electron chi connectivity index (χ1n) is 13.7. The fourth-order valence-corrected chi connectivity index (χ4v) is 6.99. The maximum atomic E-state index is 13.2. The average molecular weight is 566 g/mol. The van der Waals surface area contributed by atoms with Gasteiger partial charge in [-0.3, -0.25) is 14.7 Å². The number of carbonyl (C=O) groups is 1. The Balaban J connectivity index is 1.41. The number of hydrogen-bond donors (Lipinski definition) is 1. The standard InChI is InChI=1S/C29H38F3N3O3S/c1-5-39(37,38)25-12-6-20(7-13-25)14-26(36)34-24-15-22-17-35(28(18(2)3)27(22)33-16-24)19(4)21-8-10-23(11-9-21)29(30,31)32/h6-7,12-13,15-16,18-19,21,23,28H,5,8-11,14,17H2,1-4H3,(H,34,36)/t19?,21?,23?,28-/m0/s1. The van der Waals surface area contributed by atoms with Gasteiger partial charge in [0.25, 0.3) is 0 Å². The predicted molar refractivity (Wildman–Crippen MR) is 145 cm³/mol. The van der Waals surface area contributed by atoms with Crippen LogP contribution in [-0.4, -0.2) is 42.2 Å². The predicted octanol–water partition coefficient (Wildman–Crippen LogP) is 6.33. The van der Waals surface area contributed by atoms with Crippen LogP contribution in [0.5, 0.6) is 0 Å². The molecule has 1 unspecified atom stereocenters. The molecule has 2 heterocycles. The maximum Gasteiger partial charge on any atom is 0.391 e. The normalized spacial score (nSPS) is 23.0. The minimum Gasteiger partial charge on any atom is -0.324 e. The molecule has 1 aromatic carbocycles. The highest BCUT2D eigenvalue weighted by molar-refractivity contribution is 7.91. The van der Waals surface area contributed by atoms with Crippen molar-refractivity contribution in [2.45, 2.75) is 89.5 Å². The van der Waals surface area contributed by atoms with Crippen LogP contribution < -0.4 is 5.32 Å². The third-order valence-electron chi connectivity index (χ3n) is 8.37. The third-order valence-corrected chi connectivity index (χ3v) is 10.1. The quantitative estimate of drug-likeness (QED) is 0.405. The molecule has 0 radical (unpaired) electrons. The molecule has 39 heavy (non-hydrogen) atoms. The molecular weight excluding hydrogens is 527 g/mol. The second-order valence-electron chi connectivity index (χ2n) is 11.3. The number of amides is 1. The topological polar surface area (TPSA) is 79.4 Å². The lowest BCUT2D eigenvalue weighted by molar-refractivity contribution is -0.185. The van der Waals surface area contributed by atoms with E-state index in [0.29, 0.717) is 30.6 Å². The van der Waals surface area contributed by atoms with E-state index in [1.54, 1.807) is 25.3 Å². The van der Waals surface area contributed by atoms with Crippen molar-refractivity contribution >= 4 is 21.4 Å². The summed E-state index contributed by atoms with van der Waals surface area (Å²) in [6.45, 7) is 8.62. The van der Waals surface area contributed by atoms with Crippen molar-refractivity contribution in [3.05, 3.63) is 53.3 Å². The molecule has 6 nitrogen and oxygen atoms in total. The average Bonchev–Trinajstić information content (AvgIpc) is 3.27. The Hall–Kier alpha value is -2.46. The summed E-state index contributed by atoms with van der Waals surface area (Å²) in [5.41, 5.74) is 3.28. The van der Waals surface area contributed by atoms with Gasteiger partial charge in [0.2, 0.25) is 5.91 Å². The number of fused-ring (bicyclic) bond motifs is 1. The van der Waals surface area contributed by atoms with Crippen molar-refractivity contribution in [3.8, 4) is 0 Å². The zero-order chi connectivity index (χ0) is 28.5. The van der Waals surface area contributed by atoms with Gasteiger partial charge >= 0.3 is 6.18 Å². The Morgan fingerprint density at radius 2 is 1.74 bits per heavy atom. The minimum absolute atomic E-state index is 0.0191. The molecule has 1 aliphatic heterocycles. The summed E-state index contributed by atoms with van der Waals surface area (Å²) >= 11 is 0. The number of aromatic nitrogens is 1. The molecule has 0 bridgehead atoms. The number of alkyl halides is 3. The Kier molecular flexibility index (Phi) is 8.76. The van der Waals surface area contributed by atoms with Gasteiger partial charge in [0.05, 0.1) is 46.6 Å². The van der Waals surface area contributed by atoms with Gasteiger partial charge in [0.15, 0.2) is 9.84 Å². The SMILES string of the molecule is CCS(=O)(=O)c1ccc(CC(=O)Nc2cnc3c(c2)CN(C(C)C2CCC(C(F)(F)F)CC2)[C@H]3C(C)C)cc1. The molecule has 2 aromatic rings. The lowest BCUT2D eigenvalue weighted by Gasteiger charge is -2.40. The van der Waals surface area contributed by atoms with Gasteiger partial charge in [-0.1, -0.05) is 32.9 Å². The number of nitrogens with one attached hydrogen (secondary N) is 1. The Bertz CT molecular complexity index is 1270. The van der Waals surface area contributed by atoms with E-state index < -0.39 is 21.9 Å². The molecule has 2 atom stereocenters. The fraction of sp³-hybridized carbons (Fsp3) is 0.586. The fourth-order valence-electron chi connectivity index (χ4n) is 6.10. The number of nitrogens with zero attached hydrogens (tertiary/aromatic N) is 2. The van der Waals surface area contributed by atoms with Gasteiger partial charge in [-0.25, -0.2) is 8.42 Å². The van der Waals surface area contributed by atoms with Crippen LogP contribution in [0.15, 0.2) is 41.4 Å². The molecule has 214 valence electrons. The highest BCUT2D eigenvalue weighted by Crippen LogP contribution is 2.45. The van der Waals surface area contributed by atoms with Gasteiger partial charge in [-0.2, -0.15) is 13.2 Å². The highest BCUT2D eigenvalue weighted by atomic mass is 32.2. The van der Waals surface area contributed by atoms with Crippen LogP contribution in [-0.2, 0) is 27.6 Å². The number of halogens is 3. The number of rotatable bonds is 8. The van der Waals surface area contributed by atoms with Crippen molar-refractivity contribution in [1.29, 1.82) is 0 Å². The van der Waals surface area contributed by atoms with E-state index in [0.717, 1.165) is 11.3 Å². The number of hydrogen-bond acceptors (Lipinski definition) is 5. The minimum atomic E-state index is -4.11. The summed E-state index contributed by atoms with van der Waals surface area (Å²) in [7, 11) is -3.29. The number of benzene rings is 1. The Labute approximate surface area is 229 Å². The van der Waals surface area contributed by atoms with Gasteiger partial charge in [0, 0.05) is 12.6 Å². The maximum absolute atomic E-state index is 13.2. The molecule has 1 amide bonds. The molecule has 1 saturated carbocycles. The first kappa shape index (κ1) is 29.5. The highest BCUT2D eigenvalue weighted by Gasteiger charge is 2.44. The van der Waals surface area contributed by atoms with Gasteiger partial charge in [-0.05, 0) is 73.8 Å². The van der Waals surface area contributed by atoms with E-state index in [2.05, 4.69) is 31.0 Å². The summed E-state index contributed by atoms with van der Waals surface area (Å²) in [6.07, 6.45) is -0.823. The molecular formula is C29H38F3N3O3S. The Morgan fingerprint density at radius 1 is 1.10 bits per heavy atom. The van der Waals surface area contributed by atoms with E-state index in [9.17, 15) is 26.4 Å². The van der Waals surface area contributed by atoms with E-state index in [1.165, 1.54) is 12.1 Å². The number of carbonyl (C=O) groups excluding carboxylic acids is 1. The van der Waals surface area contributed by atoms with Crippen molar-refractivity contribution in [2.75, 3.05) is 11.1 Å². The van der Waals surface area contributed by atoms with Crippen molar-refractivity contribution in [3.63, 3.8) is 0 Å². The zero-order valence-corrected chi connectivity index (χ0v) is 23.8. The smallest absolute Gasteiger partial charge is 0.324 e. The molecule has 1 fully saturated rings. The summed E-state index contributed by atoms with van der Waals surface area (Å²) in [5.74, 6) is -0.920. The first-order valence-corrected chi connectivity index (χ1v) is 15.4. The van der Waals surface area contributed by atoms with Crippen LogP contribution in [0, 0.1) is 17.8 Å². The van der Waals surface area contributed by atoms with Crippen LogP contribution in [0.4, 0.5) is 18.9 Å². The summed E-state index contributed by atoms with van der Waals surface area (Å²) in [5, 5.41) is 2.90. The zero-order valence-electron chi connectivity index (χ0n) is 23.0. The second kappa shape index (κ2) is 11.6. The van der Waals surface area contributed by atoms with Crippen LogP contribution in [0.2, 0.25) is 0 Å². The van der Waals surface area contributed by atoms with E-state index in [1.807, 2.05) is 6.07 Å². The molecule has 0 spiro atoms. The van der Waals surface area contributed by atoms with Gasteiger partial charge in [-0.15, -0.1) is 0 Å². The van der Waals surface area contributed by atoms with Crippen molar-refractivity contribution < 1.29 is 26.4 Å². The Morgan fingerprint density at radius 3 is 2.31 bits per heavy atom. The monoisotopic (exact) mass is 565 g/mol.